The standard InChI is InChI=1S/C15H15N3O2/c1-8-5-11(6-9(2)17-8)14-16-7-12(15(19)20)13(18-14)10-3-4-10/h5-7,10H,3-4H2,1-2H3,(H,19,20). The predicted molar refractivity (Wildman–Crippen MR) is 73.7 cm³/mol. The van der Waals surface area contributed by atoms with Crippen molar-refractivity contribution in [2.24, 2.45) is 0 Å². The van der Waals surface area contributed by atoms with E-state index in [0.717, 1.165) is 29.8 Å². The molecule has 0 amide bonds. The van der Waals surface area contributed by atoms with Crippen molar-refractivity contribution in [2.75, 3.05) is 0 Å². The normalized spacial score (nSPS) is 14.3. The molecule has 2 aromatic heterocycles. The number of nitrogens with zero attached hydrogens (tertiary/aromatic N) is 3. The Labute approximate surface area is 116 Å². The maximum Gasteiger partial charge on any atom is 0.339 e. The molecule has 1 aliphatic rings. The average Bonchev–Trinajstić information content (AvgIpc) is 3.21. The van der Waals surface area contributed by atoms with Gasteiger partial charge >= 0.3 is 5.97 Å². The molecule has 1 saturated carbocycles. The Morgan fingerprint density at radius 1 is 1.20 bits per heavy atom. The number of aromatic carboxylic acids is 1. The van der Waals surface area contributed by atoms with E-state index in [4.69, 9.17) is 0 Å². The van der Waals surface area contributed by atoms with Crippen molar-refractivity contribution in [3.63, 3.8) is 0 Å². The summed E-state index contributed by atoms with van der Waals surface area (Å²) < 4.78 is 0. The lowest BCUT2D eigenvalue weighted by Gasteiger charge is -2.07. The summed E-state index contributed by atoms with van der Waals surface area (Å²) in [7, 11) is 0. The molecule has 0 aliphatic heterocycles. The number of hydrogen-bond acceptors (Lipinski definition) is 4. The fraction of sp³-hybridized carbons (Fsp3) is 0.333. The van der Waals surface area contributed by atoms with Gasteiger partial charge < -0.3 is 5.11 Å². The molecule has 0 radical (unpaired) electrons. The van der Waals surface area contributed by atoms with E-state index in [2.05, 4.69) is 15.0 Å². The van der Waals surface area contributed by atoms with Gasteiger partial charge in [-0.05, 0) is 38.8 Å². The Balaban J connectivity index is 2.10. The van der Waals surface area contributed by atoms with E-state index in [0.29, 0.717) is 11.5 Å². The summed E-state index contributed by atoms with van der Waals surface area (Å²) in [4.78, 5) is 24.2. The Morgan fingerprint density at radius 2 is 1.85 bits per heavy atom. The molecule has 0 unspecified atom stereocenters. The predicted octanol–water partition coefficient (Wildman–Crippen LogP) is 2.73. The van der Waals surface area contributed by atoms with Gasteiger partial charge in [0.25, 0.3) is 0 Å². The average molecular weight is 269 g/mol. The molecular formula is C15H15N3O2. The fourth-order valence-electron chi connectivity index (χ4n) is 2.33. The summed E-state index contributed by atoms with van der Waals surface area (Å²) in [5, 5.41) is 9.20. The minimum Gasteiger partial charge on any atom is -0.478 e. The van der Waals surface area contributed by atoms with E-state index in [-0.39, 0.29) is 11.5 Å². The van der Waals surface area contributed by atoms with Crippen LogP contribution < -0.4 is 0 Å². The van der Waals surface area contributed by atoms with E-state index >= 15 is 0 Å². The van der Waals surface area contributed by atoms with Crippen LogP contribution in [0.4, 0.5) is 0 Å². The van der Waals surface area contributed by atoms with Crippen LogP contribution in [0.1, 0.15) is 46.2 Å². The molecule has 20 heavy (non-hydrogen) atoms. The van der Waals surface area contributed by atoms with Crippen LogP contribution in [0.15, 0.2) is 18.3 Å². The van der Waals surface area contributed by atoms with Crippen molar-refractivity contribution in [3.05, 3.63) is 41.0 Å². The van der Waals surface area contributed by atoms with Crippen molar-refractivity contribution in [3.8, 4) is 11.4 Å². The molecule has 0 atom stereocenters. The molecule has 5 nitrogen and oxygen atoms in total. The summed E-state index contributed by atoms with van der Waals surface area (Å²) in [6.45, 7) is 3.84. The van der Waals surface area contributed by atoms with Crippen LogP contribution in [-0.2, 0) is 0 Å². The number of aromatic nitrogens is 3. The minimum atomic E-state index is -0.958. The van der Waals surface area contributed by atoms with Crippen molar-refractivity contribution >= 4 is 5.97 Å². The molecule has 0 bridgehead atoms. The van der Waals surface area contributed by atoms with Gasteiger partial charge in [0.05, 0.1) is 11.3 Å². The molecule has 102 valence electrons. The fourth-order valence-corrected chi connectivity index (χ4v) is 2.33. The van der Waals surface area contributed by atoms with Gasteiger partial charge in [0.2, 0.25) is 0 Å². The second-order valence-corrected chi connectivity index (χ2v) is 5.21. The second kappa shape index (κ2) is 4.67. The van der Waals surface area contributed by atoms with Gasteiger partial charge in [-0.1, -0.05) is 0 Å². The Hall–Kier alpha value is -2.30. The highest BCUT2D eigenvalue weighted by Gasteiger charge is 2.30. The Bertz CT molecular complexity index is 673. The number of rotatable bonds is 3. The first-order valence-electron chi connectivity index (χ1n) is 6.60. The van der Waals surface area contributed by atoms with Crippen LogP contribution in [0, 0.1) is 13.8 Å². The smallest absolute Gasteiger partial charge is 0.339 e. The molecule has 0 spiro atoms. The number of carboxylic acid groups (broad SMARTS) is 1. The minimum absolute atomic E-state index is 0.221. The van der Waals surface area contributed by atoms with Crippen molar-refractivity contribution in [1.29, 1.82) is 0 Å². The first-order valence-corrected chi connectivity index (χ1v) is 6.60. The maximum atomic E-state index is 11.2. The van der Waals surface area contributed by atoms with Gasteiger partial charge in [0, 0.05) is 29.1 Å². The van der Waals surface area contributed by atoms with Crippen molar-refractivity contribution in [1.82, 2.24) is 15.0 Å². The molecule has 1 N–H and O–H groups in total. The van der Waals surface area contributed by atoms with Gasteiger partial charge in [-0.3, -0.25) is 4.98 Å². The number of aryl methyl sites for hydroxylation is 2. The van der Waals surface area contributed by atoms with E-state index in [1.807, 2.05) is 26.0 Å². The number of carbonyl (C=O) groups is 1. The lowest BCUT2D eigenvalue weighted by molar-refractivity contribution is 0.0694. The molecule has 3 rings (SSSR count). The highest BCUT2D eigenvalue weighted by atomic mass is 16.4. The zero-order valence-electron chi connectivity index (χ0n) is 11.4. The lowest BCUT2D eigenvalue weighted by atomic mass is 10.1. The molecule has 0 saturated heterocycles. The van der Waals surface area contributed by atoms with E-state index in [1.165, 1.54) is 6.20 Å². The zero-order valence-corrected chi connectivity index (χ0v) is 11.4. The first-order chi connectivity index (χ1) is 9.54. The maximum absolute atomic E-state index is 11.2. The highest BCUT2D eigenvalue weighted by Crippen LogP contribution is 2.41. The summed E-state index contributed by atoms with van der Waals surface area (Å²) in [6.07, 6.45) is 3.43. The number of pyridine rings is 1. The lowest BCUT2D eigenvalue weighted by Crippen LogP contribution is -2.07. The van der Waals surface area contributed by atoms with Crippen LogP contribution in [0.25, 0.3) is 11.4 Å². The van der Waals surface area contributed by atoms with Gasteiger partial charge in [-0.25, -0.2) is 14.8 Å². The molecule has 0 aromatic carbocycles. The second-order valence-electron chi connectivity index (χ2n) is 5.21. The quantitative estimate of drug-likeness (QED) is 0.927. The number of hydrogen-bond donors (Lipinski definition) is 1. The summed E-state index contributed by atoms with van der Waals surface area (Å²) in [6, 6.07) is 3.83. The Morgan fingerprint density at radius 3 is 2.40 bits per heavy atom. The van der Waals surface area contributed by atoms with Crippen LogP contribution in [-0.4, -0.2) is 26.0 Å². The monoisotopic (exact) mass is 269 g/mol. The molecular weight excluding hydrogens is 254 g/mol. The molecule has 1 fully saturated rings. The SMILES string of the molecule is Cc1cc(-c2ncc(C(=O)O)c(C3CC3)n2)cc(C)n1. The summed E-state index contributed by atoms with van der Waals surface area (Å²) >= 11 is 0. The van der Waals surface area contributed by atoms with Crippen LogP contribution >= 0.6 is 0 Å². The van der Waals surface area contributed by atoms with Gasteiger partial charge in [-0.15, -0.1) is 0 Å². The topological polar surface area (TPSA) is 76.0 Å². The Kier molecular flexibility index (Phi) is 2.97. The largest absolute Gasteiger partial charge is 0.478 e. The van der Waals surface area contributed by atoms with Gasteiger partial charge in [0.1, 0.15) is 0 Å². The molecule has 1 aliphatic carbocycles. The summed E-state index contributed by atoms with van der Waals surface area (Å²) in [5.41, 5.74) is 3.57. The van der Waals surface area contributed by atoms with E-state index in [1.54, 1.807) is 0 Å². The third-order valence-corrected chi connectivity index (χ3v) is 3.35. The molecule has 2 heterocycles. The van der Waals surface area contributed by atoms with Crippen LogP contribution in [0.5, 0.6) is 0 Å². The van der Waals surface area contributed by atoms with Gasteiger partial charge in [0.15, 0.2) is 5.82 Å². The van der Waals surface area contributed by atoms with Gasteiger partial charge in [-0.2, -0.15) is 0 Å². The highest BCUT2D eigenvalue weighted by molar-refractivity contribution is 5.89. The third-order valence-electron chi connectivity index (χ3n) is 3.35. The zero-order chi connectivity index (χ0) is 14.3. The first kappa shape index (κ1) is 12.7. The van der Waals surface area contributed by atoms with E-state index in [9.17, 15) is 9.90 Å². The van der Waals surface area contributed by atoms with Crippen LogP contribution in [0.2, 0.25) is 0 Å². The van der Waals surface area contributed by atoms with Crippen LogP contribution in [0.3, 0.4) is 0 Å². The van der Waals surface area contributed by atoms with Crippen molar-refractivity contribution < 1.29 is 9.90 Å². The summed E-state index contributed by atoms with van der Waals surface area (Å²) in [5.74, 6) is -0.113. The molecule has 5 heteroatoms. The molecule has 2 aromatic rings. The van der Waals surface area contributed by atoms with Crippen molar-refractivity contribution in [2.45, 2.75) is 32.6 Å². The third kappa shape index (κ3) is 2.39. The number of carboxylic acids is 1. The van der Waals surface area contributed by atoms with E-state index < -0.39 is 5.97 Å².